The summed E-state index contributed by atoms with van der Waals surface area (Å²) < 4.78 is 12.5. The highest BCUT2D eigenvalue weighted by molar-refractivity contribution is 5.96. The average molecular weight is 531 g/mol. The fourth-order valence-corrected chi connectivity index (χ4v) is 6.73. The highest BCUT2D eigenvalue weighted by atomic mass is 16.5. The van der Waals surface area contributed by atoms with Gasteiger partial charge in [0.2, 0.25) is 0 Å². The number of ether oxygens (including phenoxy) is 2. The molecule has 0 amide bonds. The third kappa shape index (κ3) is 4.50. The molecule has 2 fully saturated rings. The van der Waals surface area contributed by atoms with Crippen LogP contribution in [0.25, 0.3) is 16.8 Å². The van der Waals surface area contributed by atoms with Crippen molar-refractivity contribution in [3.63, 3.8) is 0 Å². The Bertz CT molecular complexity index is 1510. The maximum absolute atomic E-state index is 7.05. The van der Waals surface area contributed by atoms with Crippen molar-refractivity contribution in [2.24, 2.45) is 0 Å². The van der Waals surface area contributed by atoms with Gasteiger partial charge in [0.25, 0.3) is 0 Å². The van der Waals surface area contributed by atoms with E-state index in [0.29, 0.717) is 0 Å². The van der Waals surface area contributed by atoms with E-state index in [9.17, 15) is 0 Å². The third-order valence-corrected chi connectivity index (χ3v) is 9.02. The minimum Gasteiger partial charge on any atom is -0.497 e. The summed E-state index contributed by atoms with van der Waals surface area (Å²) in [5.41, 5.74) is 5.26. The second-order valence-corrected chi connectivity index (χ2v) is 11.4. The van der Waals surface area contributed by atoms with E-state index in [-0.39, 0.29) is 0 Å². The van der Waals surface area contributed by atoms with E-state index in [1.54, 1.807) is 7.11 Å². The van der Waals surface area contributed by atoms with Gasteiger partial charge in [-0.25, -0.2) is 0 Å². The zero-order chi connectivity index (χ0) is 26.9. The number of fused-ring (bicyclic) bond motifs is 3. The van der Waals surface area contributed by atoms with Gasteiger partial charge in [-0.3, -0.25) is 0 Å². The summed E-state index contributed by atoms with van der Waals surface area (Å²) in [6.45, 7) is 4.58. The first-order valence-corrected chi connectivity index (χ1v) is 14.9. The van der Waals surface area contributed by atoms with Crippen LogP contribution in [0.2, 0.25) is 0 Å². The average Bonchev–Trinajstić information content (AvgIpc) is 3.05. The molecule has 40 heavy (non-hydrogen) atoms. The van der Waals surface area contributed by atoms with Crippen LogP contribution in [0.3, 0.4) is 0 Å². The standard InChI is InChI=1S/C36H38N2O2/c1-39-32-16-11-29(12-17-32)36(28-9-13-30(14-10-28)37-22-4-2-5-23-37)21-20-34-33-18-15-31(38-24-6-3-7-25-38)26-27(33)8-19-35(34)40-36/h8-21,26H,2-7,22-25H2,1H3. The fourth-order valence-electron chi connectivity index (χ4n) is 6.73. The second kappa shape index (κ2) is 10.6. The Morgan fingerprint density at radius 3 is 1.90 bits per heavy atom. The van der Waals surface area contributed by atoms with Crippen LogP contribution < -0.4 is 19.3 Å². The van der Waals surface area contributed by atoms with Gasteiger partial charge in [0.15, 0.2) is 5.60 Å². The van der Waals surface area contributed by atoms with E-state index in [1.807, 2.05) is 12.1 Å². The van der Waals surface area contributed by atoms with Crippen molar-refractivity contribution in [2.75, 3.05) is 43.1 Å². The molecular formula is C36H38N2O2. The summed E-state index contributed by atoms with van der Waals surface area (Å²) in [7, 11) is 1.71. The molecule has 4 heteroatoms. The van der Waals surface area contributed by atoms with Crippen LogP contribution in [0, 0.1) is 0 Å². The maximum atomic E-state index is 7.05. The van der Waals surface area contributed by atoms with Crippen LogP contribution in [0.15, 0.2) is 84.9 Å². The zero-order valence-electron chi connectivity index (χ0n) is 23.4. The predicted molar refractivity (Wildman–Crippen MR) is 166 cm³/mol. The Kier molecular flexibility index (Phi) is 6.63. The first-order chi connectivity index (χ1) is 19.7. The van der Waals surface area contributed by atoms with E-state index in [2.05, 4.69) is 88.7 Å². The van der Waals surface area contributed by atoms with Gasteiger partial charge >= 0.3 is 0 Å². The van der Waals surface area contributed by atoms with Crippen molar-refractivity contribution in [1.29, 1.82) is 0 Å². The minimum atomic E-state index is -0.721. The molecular weight excluding hydrogens is 492 g/mol. The summed E-state index contributed by atoms with van der Waals surface area (Å²) in [4.78, 5) is 5.03. The van der Waals surface area contributed by atoms with Crippen molar-refractivity contribution in [3.05, 3.63) is 102 Å². The van der Waals surface area contributed by atoms with Gasteiger partial charge in [0.1, 0.15) is 11.5 Å². The first-order valence-electron chi connectivity index (χ1n) is 14.9. The molecule has 0 aliphatic carbocycles. The molecule has 1 atom stereocenters. The minimum absolute atomic E-state index is 0.721. The van der Waals surface area contributed by atoms with Crippen LogP contribution in [0.1, 0.15) is 55.2 Å². The van der Waals surface area contributed by atoms with Crippen LogP contribution in [-0.2, 0) is 5.60 Å². The van der Waals surface area contributed by atoms with Crippen LogP contribution >= 0.6 is 0 Å². The van der Waals surface area contributed by atoms with E-state index >= 15 is 0 Å². The van der Waals surface area contributed by atoms with Crippen LogP contribution in [0.4, 0.5) is 11.4 Å². The van der Waals surface area contributed by atoms with E-state index in [4.69, 9.17) is 9.47 Å². The molecule has 3 heterocycles. The molecule has 0 saturated carbocycles. The van der Waals surface area contributed by atoms with Crippen molar-refractivity contribution < 1.29 is 9.47 Å². The number of hydrogen-bond acceptors (Lipinski definition) is 4. The number of hydrogen-bond donors (Lipinski definition) is 0. The van der Waals surface area contributed by atoms with E-state index < -0.39 is 5.60 Å². The summed E-state index contributed by atoms with van der Waals surface area (Å²) in [6.07, 6.45) is 12.3. The van der Waals surface area contributed by atoms with E-state index in [1.165, 1.54) is 60.7 Å². The van der Waals surface area contributed by atoms with Gasteiger partial charge in [0.05, 0.1) is 7.11 Å². The topological polar surface area (TPSA) is 24.9 Å². The van der Waals surface area contributed by atoms with Gasteiger partial charge in [0, 0.05) is 54.2 Å². The summed E-state index contributed by atoms with van der Waals surface area (Å²) in [5.74, 6) is 1.76. The summed E-state index contributed by atoms with van der Waals surface area (Å²) >= 11 is 0. The predicted octanol–water partition coefficient (Wildman–Crippen LogP) is 8.18. The molecule has 0 aromatic heterocycles. The summed E-state index contributed by atoms with van der Waals surface area (Å²) in [5, 5.41) is 2.50. The Labute approximate surface area is 237 Å². The van der Waals surface area contributed by atoms with Gasteiger partial charge in [-0.2, -0.15) is 0 Å². The number of anilines is 2. The molecule has 1 unspecified atom stereocenters. The number of benzene rings is 4. The first kappa shape index (κ1) is 25.1. The number of nitrogens with zero attached hydrogens (tertiary/aromatic N) is 2. The molecule has 204 valence electrons. The van der Waals surface area contributed by atoms with Crippen molar-refractivity contribution in [1.82, 2.24) is 0 Å². The molecule has 4 aromatic carbocycles. The molecule has 0 bridgehead atoms. The van der Waals surface area contributed by atoms with Gasteiger partial charge in [-0.15, -0.1) is 0 Å². The molecule has 0 N–H and O–H groups in total. The molecule has 4 aromatic rings. The number of rotatable bonds is 5. The lowest BCUT2D eigenvalue weighted by molar-refractivity contribution is 0.161. The van der Waals surface area contributed by atoms with E-state index in [0.717, 1.165) is 54.4 Å². The number of methoxy groups -OCH3 is 1. The number of piperidine rings is 2. The SMILES string of the molecule is COc1ccc(C2(c3ccc(N4CCCCC4)cc3)C=Cc3c(ccc4cc(N5CCCCC5)ccc34)O2)cc1. The zero-order valence-corrected chi connectivity index (χ0v) is 23.4. The molecule has 0 radical (unpaired) electrons. The van der Waals surface area contributed by atoms with Crippen molar-refractivity contribution in [3.8, 4) is 11.5 Å². The molecule has 4 nitrogen and oxygen atoms in total. The fraction of sp³-hybridized carbons (Fsp3) is 0.333. The second-order valence-electron chi connectivity index (χ2n) is 11.4. The molecule has 0 spiro atoms. The quantitative estimate of drug-likeness (QED) is 0.260. The molecule has 7 rings (SSSR count). The lowest BCUT2D eigenvalue weighted by Crippen LogP contribution is -2.34. The lowest BCUT2D eigenvalue weighted by atomic mass is 9.83. The monoisotopic (exact) mass is 530 g/mol. The Morgan fingerprint density at radius 2 is 1.25 bits per heavy atom. The Morgan fingerprint density at radius 1 is 0.650 bits per heavy atom. The molecule has 3 aliphatic rings. The Balaban J connectivity index is 1.28. The largest absolute Gasteiger partial charge is 0.497 e. The van der Waals surface area contributed by atoms with Gasteiger partial charge in [-0.05, 0) is 104 Å². The van der Waals surface area contributed by atoms with Crippen LogP contribution in [-0.4, -0.2) is 33.3 Å². The van der Waals surface area contributed by atoms with Crippen LogP contribution in [0.5, 0.6) is 11.5 Å². The Hall–Kier alpha value is -3.92. The maximum Gasteiger partial charge on any atom is 0.178 e. The molecule has 2 saturated heterocycles. The smallest absolute Gasteiger partial charge is 0.178 e. The lowest BCUT2D eigenvalue weighted by Gasteiger charge is -2.37. The van der Waals surface area contributed by atoms with Gasteiger partial charge in [-0.1, -0.05) is 36.4 Å². The third-order valence-electron chi connectivity index (χ3n) is 9.02. The summed E-state index contributed by atoms with van der Waals surface area (Å²) in [6, 6.07) is 28.6. The van der Waals surface area contributed by atoms with Gasteiger partial charge < -0.3 is 19.3 Å². The van der Waals surface area contributed by atoms with Crippen molar-refractivity contribution >= 4 is 28.2 Å². The highest BCUT2D eigenvalue weighted by Crippen LogP contribution is 2.45. The highest BCUT2D eigenvalue weighted by Gasteiger charge is 2.37. The molecule has 3 aliphatic heterocycles. The van der Waals surface area contributed by atoms with Crippen molar-refractivity contribution in [2.45, 2.75) is 44.1 Å². The normalized spacial score (nSPS) is 20.7.